The monoisotopic (exact) mass is 330 g/mol. The van der Waals surface area contributed by atoms with Gasteiger partial charge in [0.05, 0.1) is 6.10 Å². The van der Waals surface area contributed by atoms with Gasteiger partial charge in [0.25, 0.3) is 5.91 Å². The number of rotatable bonds is 6. The molecule has 1 atom stereocenters. The van der Waals surface area contributed by atoms with Crippen LogP contribution in [-0.2, 0) is 7.05 Å². The molecular weight excluding hydrogens is 304 g/mol. The third kappa shape index (κ3) is 4.20. The fraction of sp³-hybridized carbons (Fsp3) is 0.500. The number of nitrogens with one attached hydrogen (secondary N) is 1. The first-order chi connectivity index (χ1) is 11.2. The highest BCUT2D eigenvalue weighted by atomic mass is 16.3. The highest BCUT2D eigenvalue weighted by Gasteiger charge is 2.30. The van der Waals surface area contributed by atoms with Crippen LogP contribution in [0.4, 0.5) is 0 Å². The van der Waals surface area contributed by atoms with Crippen molar-refractivity contribution in [2.75, 3.05) is 6.54 Å². The number of hydrogen-bond acceptors (Lipinski definition) is 4. The van der Waals surface area contributed by atoms with Crippen LogP contribution in [-0.4, -0.2) is 38.4 Å². The Hall–Kier alpha value is -2.21. The maximum atomic E-state index is 12.3. The highest BCUT2D eigenvalue weighted by molar-refractivity contribution is 5.94. The van der Waals surface area contributed by atoms with E-state index in [0.717, 1.165) is 5.56 Å². The molecule has 2 N–H and O–H groups in total. The van der Waals surface area contributed by atoms with Gasteiger partial charge in [-0.3, -0.25) is 9.48 Å². The Morgan fingerprint density at radius 2 is 1.92 bits per heavy atom. The lowest BCUT2D eigenvalue weighted by Gasteiger charge is -2.33. The van der Waals surface area contributed by atoms with Gasteiger partial charge < -0.3 is 10.4 Å². The average Bonchev–Trinajstić information content (AvgIpc) is 2.98. The Balaban J connectivity index is 2.00. The molecule has 2 rings (SSSR count). The van der Waals surface area contributed by atoms with E-state index in [0.29, 0.717) is 17.9 Å². The minimum atomic E-state index is -0.476. The van der Waals surface area contributed by atoms with Crippen LogP contribution in [0.5, 0.6) is 0 Å². The molecule has 130 valence electrons. The fourth-order valence-corrected chi connectivity index (χ4v) is 2.66. The molecular formula is C18H26N4O2. The van der Waals surface area contributed by atoms with Crippen LogP contribution >= 0.6 is 0 Å². The van der Waals surface area contributed by atoms with E-state index in [2.05, 4.69) is 15.4 Å². The highest BCUT2D eigenvalue weighted by Crippen LogP contribution is 2.25. The number of hydrogen-bond donors (Lipinski definition) is 2. The van der Waals surface area contributed by atoms with Crippen LogP contribution in [0.3, 0.4) is 0 Å². The van der Waals surface area contributed by atoms with Gasteiger partial charge >= 0.3 is 0 Å². The van der Waals surface area contributed by atoms with Crippen molar-refractivity contribution < 1.29 is 9.90 Å². The van der Waals surface area contributed by atoms with Gasteiger partial charge in [0.15, 0.2) is 5.82 Å². The summed E-state index contributed by atoms with van der Waals surface area (Å²) in [4.78, 5) is 16.5. The Bertz CT molecular complexity index is 689. The summed E-state index contributed by atoms with van der Waals surface area (Å²) in [7, 11) is 1.81. The normalized spacial score (nSPS) is 13.1. The molecule has 0 saturated carbocycles. The fourth-order valence-electron chi connectivity index (χ4n) is 2.66. The second-order valence-electron chi connectivity index (χ2n) is 7.18. The molecule has 2 aromatic rings. The molecule has 0 fully saturated rings. The van der Waals surface area contributed by atoms with Crippen LogP contribution in [0.25, 0.3) is 11.4 Å². The van der Waals surface area contributed by atoms with Gasteiger partial charge in [-0.25, -0.2) is 4.98 Å². The first kappa shape index (κ1) is 18.1. The molecule has 0 saturated heterocycles. The van der Waals surface area contributed by atoms with Gasteiger partial charge in [0.1, 0.15) is 6.33 Å². The molecule has 24 heavy (non-hydrogen) atoms. The minimum Gasteiger partial charge on any atom is -0.392 e. The number of aliphatic hydroxyl groups is 1. The third-order valence-corrected chi connectivity index (χ3v) is 4.14. The second-order valence-corrected chi connectivity index (χ2v) is 7.18. The van der Waals surface area contributed by atoms with Crippen LogP contribution < -0.4 is 5.32 Å². The molecule has 6 nitrogen and oxygen atoms in total. The van der Waals surface area contributed by atoms with E-state index in [9.17, 15) is 9.90 Å². The summed E-state index contributed by atoms with van der Waals surface area (Å²) in [6.07, 6.45) is 1.16. The molecule has 0 bridgehead atoms. The molecule has 1 aromatic carbocycles. The largest absolute Gasteiger partial charge is 0.392 e. The number of carbonyl (C=O) groups excluding carboxylic acids is 1. The summed E-state index contributed by atoms with van der Waals surface area (Å²) < 4.78 is 1.64. The number of amides is 1. The van der Waals surface area contributed by atoms with E-state index in [-0.39, 0.29) is 17.2 Å². The first-order valence-electron chi connectivity index (χ1n) is 8.13. The van der Waals surface area contributed by atoms with Crippen molar-refractivity contribution in [3.63, 3.8) is 0 Å². The molecule has 0 radical (unpaired) electrons. The Morgan fingerprint density at radius 1 is 1.29 bits per heavy atom. The molecule has 1 unspecified atom stereocenters. The zero-order chi connectivity index (χ0) is 17.9. The van der Waals surface area contributed by atoms with E-state index >= 15 is 0 Å². The van der Waals surface area contributed by atoms with Crippen molar-refractivity contribution in [3.8, 4) is 11.4 Å². The predicted octanol–water partition coefficient (Wildman–Crippen LogP) is 2.25. The van der Waals surface area contributed by atoms with Gasteiger partial charge in [0.2, 0.25) is 0 Å². The van der Waals surface area contributed by atoms with E-state index in [1.807, 2.05) is 46.9 Å². The van der Waals surface area contributed by atoms with E-state index in [1.165, 1.54) is 0 Å². The number of aliphatic hydroxyl groups excluding tert-OH is 1. The van der Waals surface area contributed by atoms with E-state index in [4.69, 9.17) is 0 Å². The standard InChI is InChI=1S/C18H26N4O2/c1-12(2)15(23)18(3,4)10-19-17(24)14-8-6-13(7-9-14)16-20-11-22(5)21-16/h6-9,11-12,15,23H,10H2,1-5H3,(H,19,24). The summed E-state index contributed by atoms with van der Waals surface area (Å²) in [5.41, 5.74) is 1.05. The van der Waals surface area contributed by atoms with Crippen LogP contribution in [0.2, 0.25) is 0 Å². The number of benzene rings is 1. The lowest BCUT2D eigenvalue weighted by atomic mass is 9.80. The smallest absolute Gasteiger partial charge is 0.251 e. The summed E-state index contributed by atoms with van der Waals surface area (Å²) >= 11 is 0. The SMILES string of the molecule is CC(C)C(O)C(C)(C)CNC(=O)c1ccc(-c2ncn(C)n2)cc1. The van der Waals surface area contributed by atoms with E-state index < -0.39 is 6.10 Å². The van der Waals surface area contributed by atoms with Gasteiger partial charge in [0, 0.05) is 30.1 Å². The van der Waals surface area contributed by atoms with Crippen LogP contribution in [0.1, 0.15) is 38.1 Å². The molecule has 1 heterocycles. The maximum Gasteiger partial charge on any atom is 0.251 e. The third-order valence-electron chi connectivity index (χ3n) is 4.14. The Morgan fingerprint density at radius 3 is 2.42 bits per heavy atom. The first-order valence-corrected chi connectivity index (χ1v) is 8.13. The van der Waals surface area contributed by atoms with Crippen molar-refractivity contribution in [1.29, 1.82) is 0 Å². The molecule has 1 aromatic heterocycles. The zero-order valence-corrected chi connectivity index (χ0v) is 14.9. The Kier molecular flexibility index (Phi) is 5.39. The van der Waals surface area contributed by atoms with Crippen molar-refractivity contribution >= 4 is 5.91 Å². The average molecular weight is 330 g/mol. The minimum absolute atomic E-state index is 0.141. The van der Waals surface area contributed by atoms with Crippen molar-refractivity contribution in [3.05, 3.63) is 36.2 Å². The van der Waals surface area contributed by atoms with Gasteiger partial charge in [-0.1, -0.05) is 39.8 Å². The second kappa shape index (κ2) is 7.13. The van der Waals surface area contributed by atoms with Crippen LogP contribution in [0.15, 0.2) is 30.6 Å². The summed E-state index contributed by atoms with van der Waals surface area (Å²) in [5, 5.41) is 17.4. The Labute approximate surface area is 142 Å². The summed E-state index contributed by atoms with van der Waals surface area (Å²) in [6, 6.07) is 7.18. The van der Waals surface area contributed by atoms with Crippen molar-refractivity contribution in [1.82, 2.24) is 20.1 Å². The van der Waals surface area contributed by atoms with Crippen LogP contribution in [0, 0.1) is 11.3 Å². The summed E-state index contributed by atoms with van der Waals surface area (Å²) in [5.74, 6) is 0.618. The molecule has 6 heteroatoms. The van der Waals surface area contributed by atoms with Gasteiger partial charge in [-0.05, 0) is 18.1 Å². The van der Waals surface area contributed by atoms with Gasteiger partial charge in [-0.15, -0.1) is 0 Å². The number of carbonyl (C=O) groups is 1. The molecule has 1 amide bonds. The topological polar surface area (TPSA) is 80.0 Å². The predicted molar refractivity (Wildman–Crippen MR) is 93.4 cm³/mol. The molecule has 0 aliphatic heterocycles. The quantitative estimate of drug-likeness (QED) is 0.851. The maximum absolute atomic E-state index is 12.3. The van der Waals surface area contributed by atoms with Crippen molar-refractivity contribution in [2.24, 2.45) is 18.4 Å². The molecule has 0 aliphatic rings. The number of aryl methyl sites for hydroxylation is 1. The molecule has 0 aliphatic carbocycles. The number of nitrogens with zero attached hydrogens (tertiary/aromatic N) is 3. The van der Waals surface area contributed by atoms with E-state index in [1.54, 1.807) is 23.1 Å². The zero-order valence-electron chi connectivity index (χ0n) is 14.9. The lowest BCUT2D eigenvalue weighted by Crippen LogP contribution is -2.43. The molecule has 0 spiro atoms. The van der Waals surface area contributed by atoms with Crippen molar-refractivity contribution in [2.45, 2.75) is 33.8 Å². The summed E-state index contributed by atoms with van der Waals surface area (Å²) in [6.45, 7) is 8.26. The van der Waals surface area contributed by atoms with Gasteiger partial charge in [-0.2, -0.15) is 5.10 Å². The number of aromatic nitrogens is 3. The lowest BCUT2D eigenvalue weighted by molar-refractivity contribution is 0.0138.